The largest absolute Gasteiger partial charge is 0.378 e. The van der Waals surface area contributed by atoms with E-state index >= 15 is 4.39 Å². The van der Waals surface area contributed by atoms with E-state index in [9.17, 15) is 4.79 Å². The van der Waals surface area contributed by atoms with Gasteiger partial charge in [0.15, 0.2) is 0 Å². The summed E-state index contributed by atoms with van der Waals surface area (Å²) in [6.45, 7) is 6.87. The minimum absolute atomic E-state index is 0.119. The molecule has 1 aliphatic heterocycles. The summed E-state index contributed by atoms with van der Waals surface area (Å²) < 4.78 is 27.8. The number of hydrogen-bond acceptors (Lipinski definition) is 6. The number of pyridine rings is 1. The van der Waals surface area contributed by atoms with Gasteiger partial charge in [0.05, 0.1) is 24.4 Å². The fourth-order valence-electron chi connectivity index (χ4n) is 4.09. The van der Waals surface area contributed by atoms with Crippen LogP contribution in [0.15, 0.2) is 51.9 Å². The monoisotopic (exact) mass is 434 g/mol. The molecule has 8 heteroatoms. The van der Waals surface area contributed by atoms with Crippen LogP contribution in [0.1, 0.15) is 12.5 Å². The molecule has 0 saturated carbocycles. The summed E-state index contributed by atoms with van der Waals surface area (Å²) in [5, 5.41) is 4.33. The van der Waals surface area contributed by atoms with Crippen LogP contribution in [0.25, 0.3) is 33.7 Å². The molecule has 2 aromatic carbocycles. The van der Waals surface area contributed by atoms with E-state index in [1.54, 1.807) is 12.3 Å². The van der Waals surface area contributed by atoms with Crippen LogP contribution in [0.2, 0.25) is 0 Å². The van der Waals surface area contributed by atoms with Gasteiger partial charge >= 0.3 is 0 Å². The number of fused-ring (bicyclic) bond motifs is 1. The van der Waals surface area contributed by atoms with Gasteiger partial charge in [0.1, 0.15) is 11.4 Å². The Bertz CT molecular complexity index is 1360. The number of aromatic nitrogens is 3. The Morgan fingerprint density at radius 3 is 2.72 bits per heavy atom. The van der Waals surface area contributed by atoms with E-state index in [0.29, 0.717) is 49.9 Å². The van der Waals surface area contributed by atoms with Gasteiger partial charge < -0.3 is 18.7 Å². The Kier molecular flexibility index (Phi) is 5.22. The number of aryl methyl sites for hydroxylation is 2. The first-order valence-electron chi connectivity index (χ1n) is 10.7. The van der Waals surface area contributed by atoms with Crippen LogP contribution >= 0.6 is 0 Å². The number of halogens is 1. The van der Waals surface area contributed by atoms with Crippen molar-refractivity contribution in [3.05, 3.63) is 64.2 Å². The summed E-state index contributed by atoms with van der Waals surface area (Å²) in [7, 11) is 0. The van der Waals surface area contributed by atoms with Gasteiger partial charge in [0, 0.05) is 36.8 Å². The van der Waals surface area contributed by atoms with Crippen LogP contribution in [0.5, 0.6) is 0 Å². The summed E-state index contributed by atoms with van der Waals surface area (Å²) >= 11 is 0. The lowest BCUT2D eigenvalue weighted by Crippen LogP contribution is -2.36. The van der Waals surface area contributed by atoms with Gasteiger partial charge in [-0.15, -0.1) is 0 Å². The Morgan fingerprint density at radius 2 is 1.97 bits per heavy atom. The van der Waals surface area contributed by atoms with E-state index in [-0.39, 0.29) is 22.3 Å². The maximum atomic E-state index is 15.0. The predicted molar refractivity (Wildman–Crippen MR) is 120 cm³/mol. The zero-order valence-corrected chi connectivity index (χ0v) is 18.0. The lowest BCUT2D eigenvalue weighted by Gasteiger charge is -2.29. The topological polar surface area (TPSA) is 73.4 Å². The fraction of sp³-hybridized carbons (Fsp3) is 0.292. The molecule has 1 aliphatic rings. The van der Waals surface area contributed by atoms with Gasteiger partial charge in [-0.05, 0) is 32.0 Å². The standard InChI is InChI=1S/C24H23FN4O3/c1-3-28-14-18(24-26-23(27-32-24)16-6-4-5-15(2)11-16)22(30)17-12-19(25)21(13-20(17)28)29-7-9-31-10-8-29/h4-6,11-14H,3,7-10H2,1-2H3. The Balaban J connectivity index is 1.62. The molecule has 0 bridgehead atoms. The maximum absolute atomic E-state index is 15.0. The minimum Gasteiger partial charge on any atom is -0.378 e. The van der Waals surface area contributed by atoms with Crippen molar-refractivity contribution in [2.45, 2.75) is 20.4 Å². The Hall–Kier alpha value is -3.52. The number of nitrogens with zero attached hydrogens (tertiary/aromatic N) is 4. The van der Waals surface area contributed by atoms with Crippen molar-refractivity contribution in [2.24, 2.45) is 0 Å². The van der Waals surface area contributed by atoms with Crippen LogP contribution in [0.4, 0.5) is 10.1 Å². The molecular weight excluding hydrogens is 411 g/mol. The van der Waals surface area contributed by atoms with Crippen molar-refractivity contribution >= 4 is 16.6 Å². The van der Waals surface area contributed by atoms with Crippen LogP contribution in [0.3, 0.4) is 0 Å². The lowest BCUT2D eigenvalue weighted by atomic mass is 10.1. The first kappa shape index (κ1) is 20.4. The first-order chi connectivity index (χ1) is 15.5. The number of anilines is 1. The van der Waals surface area contributed by atoms with E-state index in [2.05, 4.69) is 10.1 Å². The summed E-state index contributed by atoms with van der Waals surface area (Å²) in [6.07, 6.45) is 1.71. The van der Waals surface area contributed by atoms with Crippen molar-refractivity contribution in [3.63, 3.8) is 0 Å². The zero-order valence-electron chi connectivity index (χ0n) is 18.0. The third kappa shape index (κ3) is 3.56. The smallest absolute Gasteiger partial charge is 0.263 e. The van der Waals surface area contributed by atoms with E-state index in [1.807, 2.05) is 47.6 Å². The van der Waals surface area contributed by atoms with Gasteiger partial charge in [-0.25, -0.2) is 4.39 Å². The molecule has 3 heterocycles. The van der Waals surface area contributed by atoms with E-state index in [0.717, 1.165) is 11.1 Å². The minimum atomic E-state index is -0.428. The van der Waals surface area contributed by atoms with E-state index in [4.69, 9.17) is 9.26 Å². The zero-order chi connectivity index (χ0) is 22.2. The highest BCUT2D eigenvalue weighted by Crippen LogP contribution is 2.28. The van der Waals surface area contributed by atoms with Crippen LogP contribution in [-0.2, 0) is 11.3 Å². The molecule has 5 rings (SSSR count). The number of ether oxygens (including phenoxy) is 1. The number of rotatable bonds is 4. The number of benzene rings is 2. The molecule has 0 atom stereocenters. The van der Waals surface area contributed by atoms with Crippen LogP contribution in [-0.4, -0.2) is 41.0 Å². The molecule has 7 nitrogen and oxygen atoms in total. The Labute approximate surface area is 184 Å². The average Bonchev–Trinajstić information content (AvgIpc) is 3.30. The highest BCUT2D eigenvalue weighted by molar-refractivity contribution is 5.86. The molecule has 0 unspecified atom stereocenters. The van der Waals surface area contributed by atoms with Gasteiger partial charge in [0.25, 0.3) is 5.89 Å². The highest BCUT2D eigenvalue weighted by atomic mass is 19.1. The second-order valence-electron chi connectivity index (χ2n) is 7.87. The van der Waals surface area contributed by atoms with Crippen LogP contribution in [0, 0.1) is 12.7 Å². The van der Waals surface area contributed by atoms with Crippen LogP contribution < -0.4 is 10.3 Å². The third-order valence-electron chi connectivity index (χ3n) is 5.77. The van der Waals surface area contributed by atoms with Crippen molar-refractivity contribution < 1.29 is 13.7 Å². The van der Waals surface area contributed by atoms with Gasteiger partial charge in [-0.1, -0.05) is 28.9 Å². The van der Waals surface area contributed by atoms with Gasteiger partial charge in [0.2, 0.25) is 11.3 Å². The van der Waals surface area contributed by atoms with Crippen molar-refractivity contribution in [1.29, 1.82) is 0 Å². The third-order valence-corrected chi connectivity index (χ3v) is 5.77. The maximum Gasteiger partial charge on any atom is 0.263 e. The summed E-state index contributed by atoms with van der Waals surface area (Å²) in [5.41, 5.74) is 2.94. The second kappa shape index (κ2) is 8.20. The summed E-state index contributed by atoms with van der Waals surface area (Å²) in [5.74, 6) is 0.0932. The SMILES string of the molecule is CCn1cc(-c2nc(-c3cccc(C)c3)no2)c(=O)c2cc(F)c(N3CCOCC3)cc21. The average molecular weight is 434 g/mol. The van der Waals surface area contributed by atoms with E-state index < -0.39 is 5.82 Å². The second-order valence-corrected chi connectivity index (χ2v) is 7.87. The van der Waals surface area contributed by atoms with E-state index in [1.165, 1.54) is 6.07 Å². The number of morpholine rings is 1. The molecule has 1 saturated heterocycles. The molecule has 1 fully saturated rings. The van der Waals surface area contributed by atoms with Crippen molar-refractivity contribution in [3.8, 4) is 22.8 Å². The van der Waals surface area contributed by atoms with Crippen molar-refractivity contribution in [1.82, 2.24) is 14.7 Å². The normalized spacial score (nSPS) is 14.3. The molecule has 0 amide bonds. The van der Waals surface area contributed by atoms with Gasteiger partial charge in [-0.3, -0.25) is 4.79 Å². The van der Waals surface area contributed by atoms with Gasteiger partial charge in [-0.2, -0.15) is 4.98 Å². The number of hydrogen-bond donors (Lipinski definition) is 0. The Morgan fingerprint density at radius 1 is 1.16 bits per heavy atom. The molecule has 164 valence electrons. The highest BCUT2D eigenvalue weighted by Gasteiger charge is 2.21. The quantitative estimate of drug-likeness (QED) is 0.483. The summed E-state index contributed by atoms with van der Waals surface area (Å²) in [6, 6.07) is 10.8. The van der Waals surface area contributed by atoms with Crippen molar-refractivity contribution in [2.75, 3.05) is 31.2 Å². The molecule has 4 aromatic rings. The molecule has 0 spiro atoms. The predicted octanol–water partition coefficient (Wildman–Crippen LogP) is 4.02. The summed E-state index contributed by atoms with van der Waals surface area (Å²) in [4.78, 5) is 19.7. The molecular formula is C24H23FN4O3. The molecule has 0 N–H and O–H groups in total. The first-order valence-corrected chi connectivity index (χ1v) is 10.7. The molecule has 32 heavy (non-hydrogen) atoms. The molecule has 0 aliphatic carbocycles. The lowest BCUT2D eigenvalue weighted by molar-refractivity contribution is 0.122. The molecule has 0 radical (unpaired) electrons. The molecule has 2 aromatic heterocycles. The fourth-order valence-corrected chi connectivity index (χ4v) is 4.09.